The first-order valence-electron chi connectivity index (χ1n) is 5.64. The zero-order chi connectivity index (χ0) is 12.1. The molecule has 0 N–H and O–H groups in total. The van der Waals surface area contributed by atoms with Crippen LogP contribution in [0.25, 0.3) is 0 Å². The van der Waals surface area contributed by atoms with Crippen LogP contribution in [-0.2, 0) is 14.3 Å². The normalized spacial score (nSPS) is 9.25. The van der Waals surface area contributed by atoms with E-state index in [2.05, 4.69) is 11.6 Å². The molecule has 0 spiro atoms. The maximum Gasteiger partial charge on any atom is 0.330 e. The lowest BCUT2D eigenvalue weighted by Crippen LogP contribution is -2.01. The van der Waals surface area contributed by atoms with Gasteiger partial charge in [-0.25, -0.2) is 14.6 Å². The average molecular weight is 225 g/mol. The second-order valence-corrected chi connectivity index (χ2v) is 3.47. The van der Waals surface area contributed by atoms with E-state index in [1.165, 1.54) is 12.2 Å². The molecule has 0 radical (unpaired) electrons. The summed E-state index contributed by atoms with van der Waals surface area (Å²) in [7, 11) is 0. The Morgan fingerprint density at radius 1 is 1.19 bits per heavy atom. The minimum atomic E-state index is -0.355. The number of hydrogen-bond donors (Lipinski definition) is 0. The summed E-state index contributed by atoms with van der Waals surface area (Å²) < 4.78 is 4.84. The van der Waals surface area contributed by atoms with Crippen LogP contribution in [0.15, 0.2) is 17.6 Å². The van der Waals surface area contributed by atoms with Gasteiger partial charge in [0.25, 0.3) is 0 Å². The summed E-state index contributed by atoms with van der Waals surface area (Å²) in [4.78, 5) is 23.9. The van der Waals surface area contributed by atoms with E-state index in [9.17, 15) is 9.59 Å². The van der Waals surface area contributed by atoms with E-state index < -0.39 is 0 Å². The van der Waals surface area contributed by atoms with Crippen LogP contribution >= 0.6 is 0 Å². The number of esters is 1. The quantitative estimate of drug-likeness (QED) is 0.188. The molecule has 16 heavy (non-hydrogen) atoms. The van der Waals surface area contributed by atoms with Crippen molar-refractivity contribution in [3.8, 4) is 0 Å². The van der Waals surface area contributed by atoms with Crippen molar-refractivity contribution in [3.05, 3.63) is 12.7 Å². The van der Waals surface area contributed by atoms with Crippen molar-refractivity contribution < 1.29 is 14.3 Å². The number of unbranched alkanes of at least 4 members (excludes halogenated alkanes) is 5. The summed E-state index contributed by atoms with van der Waals surface area (Å²) in [5, 5.41) is 0. The molecule has 90 valence electrons. The molecule has 0 aromatic heterocycles. The van der Waals surface area contributed by atoms with Crippen molar-refractivity contribution in [2.75, 3.05) is 13.2 Å². The predicted octanol–water partition coefficient (Wildman–Crippen LogP) is 2.39. The van der Waals surface area contributed by atoms with Crippen molar-refractivity contribution in [1.82, 2.24) is 0 Å². The molecule has 0 bridgehead atoms. The van der Waals surface area contributed by atoms with Gasteiger partial charge in [0.05, 0.1) is 13.2 Å². The molecule has 0 amide bonds. The second kappa shape index (κ2) is 11.7. The fourth-order valence-corrected chi connectivity index (χ4v) is 1.28. The number of carbonyl (C=O) groups excluding carboxylic acids is 2. The number of ether oxygens (including phenoxy) is 1. The summed E-state index contributed by atoms with van der Waals surface area (Å²) in [5.41, 5.74) is 0. The molecule has 0 unspecified atom stereocenters. The van der Waals surface area contributed by atoms with E-state index in [1.54, 1.807) is 0 Å². The highest BCUT2D eigenvalue weighted by atomic mass is 16.5. The Labute approximate surface area is 96.4 Å². The predicted molar refractivity (Wildman–Crippen MR) is 61.8 cm³/mol. The van der Waals surface area contributed by atoms with Gasteiger partial charge in [-0.1, -0.05) is 32.3 Å². The Bertz CT molecular complexity index is 245. The molecule has 0 aromatic rings. The number of aliphatic imine (C=N–C) groups is 1. The summed E-state index contributed by atoms with van der Waals surface area (Å²) >= 11 is 0. The highest BCUT2D eigenvalue weighted by molar-refractivity contribution is 5.81. The molecule has 4 nitrogen and oxygen atoms in total. The first-order valence-corrected chi connectivity index (χ1v) is 5.64. The average Bonchev–Trinajstić information content (AvgIpc) is 2.31. The lowest BCUT2D eigenvalue weighted by Gasteiger charge is -2.01. The van der Waals surface area contributed by atoms with Gasteiger partial charge in [0, 0.05) is 6.08 Å². The Morgan fingerprint density at radius 2 is 1.81 bits per heavy atom. The molecule has 0 saturated carbocycles. The fraction of sp³-hybridized carbons (Fsp3) is 0.667. The van der Waals surface area contributed by atoms with Gasteiger partial charge in [-0.3, -0.25) is 0 Å². The third-order valence-corrected chi connectivity index (χ3v) is 2.14. The van der Waals surface area contributed by atoms with Crippen LogP contribution in [0.4, 0.5) is 0 Å². The third kappa shape index (κ3) is 10.7. The van der Waals surface area contributed by atoms with Crippen molar-refractivity contribution >= 4 is 12.0 Å². The molecule has 0 atom stereocenters. The van der Waals surface area contributed by atoms with Gasteiger partial charge in [0.2, 0.25) is 6.08 Å². The van der Waals surface area contributed by atoms with E-state index in [-0.39, 0.29) is 5.97 Å². The van der Waals surface area contributed by atoms with Crippen molar-refractivity contribution in [1.29, 1.82) is 0 Å². The van der Waals surface area contributed by atoms with E-state index in [0.717, 1.165) is 38.5 Å². The number of hydrogen-bond acceptors (Lipinski definition) is 4. The topological polar surface area (TPSA) is 55.7 Å². The molecule has 0 aliphatic rings. The van der Waals surface area contributed by atoms with E-state index in [0.29, 0.717) is 13.2 Å². The number of rotatable bonds is 10. The van der Waals surface area contributed by atoms with Crippen LogP contribution in [0.3, 0.4) is 0 Å². The SMILES string of the molecule is C=CC(=O)OCCCCCCCCN=C=O. The van der Waals surface area contributed by atoms with Crippen LogP contribution in [0.1, 0.15) is 38.5 Å². The van der Waals surface area contributed by atoms with Gasteiger partial charge >= 0.3 is 5.97 Å². The number of nitrogens with zero attached hydrogens (tertiary/aromatic N) is 1. The lowest BCUT2D eigenvalue weighted by atomic mass is 10.1. The summed E-state index contributed by atoms with van der Waals surface area (Å²) in [5.74, 6) is -0.355. The number of carbonyl (C=O) groups is 1. The third-order valence-electron chi connectivity index (χ3n) is 2.14. The van der Waals surface area contributed by atoms with E-state index in [4.69, 9.17) is 4.74 Å². The maximum atomic E-state index is 10.7. The second-order valence-electron chi connectivity index (χ2n) is 3.47. The summed E-state index contributed by atoms with van der Waals surface area (Å²) in [6, 6.07) is 0. The van der Waals surface area contributed by atoms with Crippen molar-refractivity contribution in [2.24, 2.45) is 4.99 Å². The highest BCUT2D eigenvalue weighted by Crippen LogP contribution is 2.05. The Balaban J connectivity index is 3.06. The van der Waals surface area contributed by atoms with Crippen LogP contribution in [-0.4, -0.2) is 25.2 Å². The van der Waals surface area contributed by atoms with Crippen molar-refractivity contribution in [2.45, 2.75) is 38.5 Å². The van der Waals surface area contributed by atoms with Crippen LogP contribution in [0.2, 0.25) is 0 Å². The first-order chi connectivity index (χ1) is 7.81. The molecule has 0 saturated heterocycles. The molecule has 4 heteroatoms. The molecule has 0 rings (SSSR count). The molecule has 0 fully saturated rings. The van der Waals surface area contributed by atoms with Gasteiger partial charge in [0.1, 0.15) is 0 Å². The molecule has 0 aromatic carbocycles. The minimum Gasteiger partial charge on any atom is -0.463 e. The van der Waals surface area contributed by atoms with Crippen LogP contribution in [0, 0.1) is 0 Å². The van der Waals surface area contributed by atoms with Gasteiger partial charge in [-0.05, 0) is 12.8 Å². The Kier molecular flexibility index (Phi) is 10.6. The highest BCUT2D eigenvalue weighted by Gasteiger charge is 1.95. The zero-order valence-corrected chi connectivity index (χ0v) is 9.61. The van der Waals surface area contributed by atoms with Crippen LogP contribution in [0.5, 0.6) is 0 Å². The van der Waals surface area contributed by atoms with Gasteiger partial charge in [-0.2, -0.15) is 0 Å². The van der Waals surface area contributed by atoms with E-state index >= 15 is 0 Å². The monoisotopic (exact) mass is 225 g/mol. The van der Waals surface area contributed by atoms with Gasteiger partial charge < -0.3 is 4.74 Å². The minimum absolute atomic E-state index is 0.355. The van der Waals surface area contributed by atoms with Crippen molar-refractivity contribution in [3.63, 3.8) is 0 Å². The Hall–Kier alpha value is -1.41. The van der Waals surface area contributed by atoms with Crippen LogP contribution < -0.4 is 0 Å². The summed E-state index contributed by atoms with van der Waals surface area (Å²) in [6.07, 6.45) is 8.92. The first kappa shape index (κ1) is 14.6. The van der Waals surface area contributed by atoms with Gasteiger partial charge in [0.15, 0.2) is 0 Å². The van der Waals surface area contributed by atoms with Gasteiger partial charge in [-0.15, -0.1) is 0 Å². The number of isocyanates is 1. The zero-order valence-electron chi connectivity index (χ0n) is 9.61. The molecule has 0 heterocycles. The fourth-order valence-electron chi connectivity index (χ4n) is 1.28. The molecule has 0 aliphatic carbocycles. The smallest absolute Gasteiger partial charge is 0.330 e. The largest absolute Gasteiger partial charge is 0.463 e. The Morgan fingerprint density at radius 3 is 2.44 bits per heavy atom. The molecular formula is C12H19NO3. The molecular weight excluding hydrogens is 206 g/mol. The lowest BCUT2D eigenvalue weighted by molar-refractivity contribution is -0.137. The van der Waals surface area contributed by atoms with E-state index in [1.807, 2.05) is 0 Å². The maximum absolute atomic E-state index is 10.7. The summed E-state index contributed by atoms with van der Waals surface area (Å²) in [6.45, 7) is 4.37. The molecule has 0 aliphatic heterocycles. The standard InChI is InChI=1S/C12H19NO3/c1-2-12(15)16-10-8-6-4-3-5-7-9-13-11-14/h2H,1,3-10H2.